The van der Waals surface area contributed by atoms with Gasteiger partial charge in [0.25, 0.3) is 0 Å². The zero-order valence-corrected chi connectivity index (χ0v) is 15.8. The maximum Gasteiger partial charge on any atom is 0.307 e. The number of carbonyl (C=O) groups excluding carboxylic acids is 2. The van der Waals surface area contributed by atoms with Crippen LogP contribution in [0.25, 0.3) is 0 Å². The van der Waals surface area contributed by atoms with Crippen LogP contribution in [0.5, 0.6) is 0 Å². The van der Waals surface area contributed by atoms with Gasteiger partial charge in [-0.15, -0.1) is 0 Å². The van der Waals surface area contributed by atoms with E-state index in [0.717, 1.165) is 0 Å². The van der Waals surface area contributed by atoms with Crippen LogP contribution in [0.4, 0.5) is 0 Å². The maximum atomic E-state index is 11.8. The number of esters is 2. The molecule has 0 bridgehead atoms. The summed E-state index contributed by atoms with van der Waals surface area (Å²) < 4.78 is 10.5. The molecule has 0 heterocycles. The standard InChI is InChI=1S/C17H33NO6/c1-16(2,3)23-14(21)7-9-18(11-13(20)12-19)10-8-15(22)24-17(4,5)6/h13,19-20H,7-12H2,1-6H3/t13-/m1/s1. The fraction of sp³-hybridized carbons (Fsp3) is 0.882. The predicted molar refractivity (Wildman–Crippen MR) is 90.5 cm³/mol. The molecule has 0 aliphatic heterocycles. The smallest absolute Gasteiger partial charge is 0.307 e. The number of hydrogen-bond acceptors (Lipinski definition) is 7. The summed E-state index contributed by atoms with van der Waals surface area (Å²) >= 11 is 0. The lowest BCUT2D eigenvalue weighted by atomic mass is 10.2. The monoisotopic (exact) mass is 347 g/mol. The van der Waals surface area contributed by atoms with Gasteiger partial charge >= 0.3 is 11.9 Å². The molecule has 7 nitrogen and oxygen atoms in total. The van der Waals surface area contributed by atoms with Gasteiger partial charge in [0.2, 0.25) is 0 Å². The average Bonchev–Trinajstić information content (AvgIpc) is 2.37. The molecular weight excluding hydrogens is 314 g/mol. The minimum Gasteiger partial charge on any atom is -0.460 e. The largest absolute Gasteiger partial charge is 0.460 e. The van der Waals surface area contributed by atoms with Crippen molar-refractivity contribution in [1.82, 2.24) is 4.90 Å². The molecule has 0 radical (unpaired) electrons. The van der Waals surface area contributed by atoms with Crippen LogP contribution < -0.4 is 0 Å². The van der Waals surface area contributed by atoms with Gasteiger partial charge in [0, 0.05) is 19.6 Å². The Balaban J connectivity index is 4.48. The number of hydrogen-bond donors (Lipinski definition) is 2. The fourth-order valence-electron chi connectivity index (χ4n) is 1.93. The Morgan fingerprint density at radius 1 is 0.917 bits per heavy atom. The lowest BCUT2D eigenvalue weighted by molar-refractivity contribution is -0.155. The molecule has 0 saturated heterocycles. The molecule has 142 valence electrons. The van der Waals surface area contributed by atoms with Gasteiger partial charge in [0.05, 0.1) is 25.6 Å². The topological polar surface area (TPSA) is 96.3 Å². The van der Waals surface area contributed by atoms with E-state index in [1.807, 2.05) is 0 Å². The normalized spacial score (nSPS) is 13.7. The van der Waals surface area contributed by atoms with Gasteiger partial charge in [0.15, 0.2) is 0 Å². The van der Waals surface area contributed by atoms with Crippen LogP contribution in [0.15, 0.2) is 0 Å². The van der Waals surface area contributed by atoms with Crippen LogP contribution in [0, 0.1) is 0 Å². The first kappa shape index (κ1) is 22.8. The van der Waals surface area contributed by atoms with Crippen molar-refractivity contribution in [2.75, 3.05) is 26.2 Å². The summed E-state index contributed by atoms with van der Waals surface area (Å²) in [5, 5.41) is 18.6. The summed E-state index contributed by atoms with van der Waals surface area (Å²) in [4.78, 5) is 25.3. The van der Waals surface area contributed by atoms with E-state index < -0.39 is 17.3 Å². The molecule has 1 atom stereocenters. The second-order valence-corrected chi connectivity index (χ2v) is 7.81. The Bertz CT molecular complexity index is 365. The van der Waals surface area contributed by atoms with Crippen LogP contribution in [-0.2, 0) is 19.1 Å². The van der Waals surface area contributed by atoms with Crippen molar-refractivity contribution in [2.45, 2.75) is 71.7 Å². The third kappa shape index (κ3) is 13.3. The Morgan fingerprint density at radius 3 is 1.58 bits per heavy atom. The molecule has 0 aromatic heterocycles. The van der Waals surface area contributed by atoms with E-state index in [-0.39, 0.29) is 37.9 Å². The van der Waals surface area contributed by atoms with E-state index >= 15 is 0 Å². The molecule has 0 aromatic carbocycles. The van der Waals surface area contributed by atoms with Crippen LogP contribution in [-0.4, -0.2) is 70.6 Å². The van der Waals surface area contributed by atoms with E-state index in [1.165, 1.54) is 0 Å². The summed E-state index contributed by atoms with van der Waals surface area (Å²) in [5.41, 5.74) is -1.11. The third-order valence-corrected chi connectivity index (χ3v) is 2.78. The lowest BCUT2D eigenvalue weighted by Gasteiger charge is -2.26. The molecule has 0 fully saturated rings. The first-order valence-corrected chi connectivity index (χ1v) is 8.27. The summed E-state index contributed by atoms with van der Waals surface area (Å²) in [7, 11) is 0. The fourth-order valence-corrected chi connectivity index (χ4v) is 1.93. The van der Waals surface area contributed by atoms with Gasteiger partial charge in [-0.3, -0.25) is 14.5 Å². The maximum absolute atomic E-state index is 11.8. The number of nitrogens with zero attached hydrogens (tertiary/aromatic N) is 1. The molecular formula is C17H33NO6. The van der Waals surface area contributed by atoms with Crippen molar-refractivity contribution in [2.24, 2.45) is 0 Å². The Hall–Kier alpha value is -1.18. The highest BCUT2D eigenvalue weighted by Crippen LogP contribution is 2.10. The third-order valence-electron chi connectivity index (χ3n) is 2.78. The summed E-state index contributed by atoms with van der Waals surface area (Å²) in [6, 6.07) is 0. The molecule has 2 N–H and O–H groups in total. The predicted octanol–water partition coefficient (Wildman–Crippen LogP) is 1.11. The van der Waals surface area contributed by atoms with E-state index in [0.29, 0.717) is 13.1 Å². The van der Waals surface area contributed by atoms with E-state index in [2.05, 4.69) is 0 Å². The quantitative estimate of drug-likeness (QED) is 0.603. The highest BCUT2D eigenvalue weighted by atomic mass is 16.6. The van der Waals surface area contributed by atoms with Gasteiger partial charge in [-0.25, -0.2) is 0 Å². The average molecular weight is 347 g/mol. The molecule has 0 unspecified atom stereocenters. The molecule has 0 spiro atoms. The molecule has 0 rings (SSSR count). The molecule has 0 aromatic rings. The van der Waals surface area contributed by atoms with Crippen LogP contribution in [0.1, 0.15) is 54.4 Å². The minimum absolute atomic E-state index is 0.143. The lowest BCUT2D eigenvalue weighted by Crippen LogP contribution is -2.38. The molecule has 0 amide bonds. The Morgan fingerprint density at radius 2 is 1.29 bits per heavy atom. The van der Waals surface area contributed by atoms with E-state index in [1.54, 1.807) is 46.4 Å². The summed E-state index contributed by atoms with van der Waals surface area (Å²) in [6.07, 6.45) is -0.643. The number of carbonyl (C=O) groups is 2. The van der Waals surface area contributed by atoms with Crippen molar-refractivity contribution in [3.05, 3.63) is 0 Å². The zero-order chi connectivity index (χ0) is 19.0. The number of aliphatic hydroxyl groups is 2. The Labute approximate surface area is 144 Å². The number of rotatable bonds is 9. The summed E-state index contributed by atoms with van der Waals surface area (Å²) in [6.45, 7) is 11.2. The number of ether oxygens (including phenoxy) is 2. The minimum atomic E-state index is -0.928. The van der Waals surface area contributed by atoms with Crippen molar-refractivity contribution >= 4 is 11.9 Å². The molecule has 7 heteroatoms. The Kier molecular flexibility index (Phi) is 9.47. The number of aliphatic hydroxyl groups excluding tert-OH is 2. The van der Waals surface area contributed by atoms with Gasteiger partial charge in [-0.1, -0.05) is 0 Å². The van der Waals surface area contributed by atoms with Crippen LogP contribution in [0.2, 0.25) is 0 Å². The van der Waals surface area contributed by atoms with Crippen molar-refractivity contribution in [3.8, 4) is 0 Å². The molecule has 0 aliphatic carbocycles. The molecule has 0 aliphatic rings. The van der Waals surface area contributed by atoms with Gasteiger partial charge in [0.1, 0.15) is 11.2 Å². The highest BCUT2D eigenvalue weighted by Gasteiger charge is 2.20. The molecule has 0 saturated carbocycles. The van der Waals surface area contributed by atoms with Crippen LogP contribution in [0.3, 0.4) is 0 Å². The highest BCUT2D eigenvalue weighted by molar-refractivity contribution is 5.70. The van der Waals surface area contributed by atoms with Crippen molar-refractivity contribution < 1.29 is 29.3 Å². The first-order chi connectivity index (χ1) is 10.8. The van der Waals surface area contributed by atoms with Crippen molar-refractivity contribution in [1.29, 1.82) is 0 Å². The first-order valence-electron chi connectivity index (χ1n) is 8.27. The second kappa shape index (κ2) is 9.96. The second-order valence-electron chi connectivity index (χ2n) is 7.81. The van der Waals surface area contributed by atoms with Crippen molar-refractivity contribution in [3.63, 3.8) is 0 Å². The van der Waals surface area contributed by atoms with Gasteiger partial charge in [-0.2, -0.15) is 0 Å². The van der Waals surface area contributed by atoms with Gasteiger partial charge in [-0.05, 0) is 41.5 Å². The SMILES string of the molecule is CC(C)(C)OC(=O)CCN(CCC(=O)OC(C)(C)C)C[C@@H](O)CO. The van der Waals surface area contributed by atoms with E-state index in [4.69, 9.17) is 14.6 Å². The summed E-state index contributed by atoms with van der Waals surface area (Å²) in [5.74, 6) is -0.688. The van der Waals surface area contributed by atoms with Gasteiger partial charge < -0.3 is 19.7 Å². The van der Waals surface area contributed by atoms with E-state index in [9.17, 15) is 14.7 Å². The zero-order valence-electron chi connectivity index (χ0n) is 15.8. The molecule has 24 heavy (non-hydrogen) atoms. The van der Waals surface area contributed by atoms with Crippen LogP contribution >= 0.6 is 0 Å².